The quantitative estimate of drug-likeness (QED) is 0.332. The Kier molecular flexibility index (Phi) is 10.6. The number of hydrogen-bond acceptors (Lipinski definition) is 5. The third-order valence-corrected chi connectivity index (χ3v) is 7.03. The van der Waals surface area contributed by atoms with Gasteiger partial charge in [-0.05, 0) is 90.3 Å². The van der Waals surface area contributed by atoms with E-state index in [0.29, 0.717) is 43.9 Å². The smallest absolute Gasteiger partial charge is 0.229 e. The summed E-state index contributed by atoms with van der Waals surface area (Å²) < 4.78 is 0. The van der Waals surface area contributed by atoms with Crippen molar-refractivity contribution >= 4 is 11.8 Å². The van der Waals surface area contributed by atoms with E-state index in [-0.39, 0.29) is 35.5 Å². The van der Waals surface area contributed by atoms with Gasteiger partial charge in [-0.1, -0.05) is 65.8 Å². The molecule has 0 aliphatic carbocycles. The SMILES string of the molecule is Cc1cc(CCC(=O)N(CCCCN)C(=O)CCc2cc(C)c(O)c(C(C)(C)C)c2)cc(C(C)(C)C)c1O. The summed E-state index contributed by atoms with van der Waals surface area (Å²) in [4.78, 5) is 27.9. The summed E-state index contributed by atoms with van der Waals surface area (Å²) in [6.45, 7) is 16.9. The number of phenolic OH excluding ortho intramolecular Hbond substituents is 2. The molecular formula is C32H48N2O4. The van der Waals surface area contributed by atoms with Crippen LogP contribution in [0.3, 0.4) is 0 Å². The number of hydrogen-bond donors (Lipinski definition) is 3. The van der Waals surface area contributed by atoms with Gasteiger partial charge in [-0.3, -0.25) is 14.5 Å². The van der Waals surface area contributed by atoms with Crippen molar-refractivity contribution in [2.24, 2.45) is 5.73 Å². The second-order valence-electron chi connectivity index (χ2n) is 12.6. The van der Waals surface area contributed by atoms with Crippen LogP contribution in [0.2, 0.25) is 0 Å². The van der Waals surface area contributed by atoms with Crippen LogP contribution in [0.1, 0.15) is 101 Å². The molecule has 210 valence electrons. The van der Waals surface area contributed by atoms with Crippen molar-refractivity contribution in [3.63, 3.8) is 0 Å². The van der Waals surface area contributed by atoms with Crippen molar-refractivity contribution in [2.75, 3.05) is 13.1 Å². The van der Waals surface area contributed by atoms with E-state index < -0.39 is 0 Å². The molecule has 0 unspecified atom stereocenters. The van der Waals surface area contributed by atoms with Crippen molar-refractivity contribution in [3.05, 3.63) is 57.6 Å². The van der Waals surface area contributed by atoms with E-state index in [2.05, 4.69) is 0 Å². The van der Waals surface area contributed by atoms with Crippen molar-refractivity contribution in [2.45, 2.75) is 105 Å². The summed E-state index contributed by atoms with van der Waals surface area (Å²) in [5, 5.41) is 21.0. The summed E-state index contributed by atoms with van der Waals surface area (Å²) in [5.74, 6) is 0.218. The number of phenols is 2. The molecule has 0 saturated heterocycles. The molecular weight excluding hydrogens is 476 g/mol. The molecule has 6 heteroatoms. The Morgan fingerprint density at radius 1 is 0.737 bits per heavy atom. The van der Waals surface area contributed by atoms with E-state index in [1.54, 1.807) is 0 Å². The highest BCUT2D eigenvalue weighted by atomic mass is 16.3. The van der Waals surface area contributed by atoms with E-state index in [0.717, 1.165) is 39.8 Å². The zero-order chi connectivity index (χ0) is 28.8. The molecule has 0 bridgehead atoms. The Hall–Kier alpha value is -2.86. The van der Waals surface area contributed by atoms with Gasteiger partial charge in [0.1, 0.15) is 11.5 Å². The summed E-state index contributed by atoms with van der Waals surface area (Å²) in [7, 11) is 0. The lowest BCUT2D eigenvalue weighted by atomic mass is 9.83. The van der Waals surface area contributed by atoms with Gasteiger partial charge in [0.05, 0.1) is 0 Å². The van der Waals surface area contributed by atoms with Crippen LogP contribution in [0.25, 0.3) is 0 Å². The first-order valence-corrected chi connectivity index (χ1v) is 13.8. The fourth-order valence-electron chi connectivity index (χ4n) is 4.72. The standard InChI is InChI=1S/C32H48N2O4/c1-21-17-23(19-25(29(21)37)31(3,4)5)11-13-27(35)34(16-10-9-15-33)28(36)14-12-24-18-22(2)30(38)26(20-24)32(6,7)8/h17-20,37-38H,9-16,33H2,1-8H3. The average molecular weight is 525 g/mol. The van der Waals surface area contributed by atoms with E-state index >= 15 is 0 Å². The number of aryl methyl sites for hydroxylation is 4. The Morgan fingerprint density at radius 2 is 1.13 bits per heavy atom. The maximum Gasteiger partial charge on any atom is 0.229 e. The van der Waals surface area contributed by atoms with Crippen LogP contribution < -0.4 is 5.73 Å². The zero-order valence-corrected chi connectivity index (χ0v) is 24.7. The number of rotatable bonds is 10. The Labute approximate surface area is 229 Å². The first-order valence-electron chi connectivity index (χ1n) is 13.8. The first-order chi connectivity index (χ1) is 17.6. The minimum absolute atomic E-state index is 0.188. The van der Waals surface area contributed by atoms with Crippen LogP contribution in [0.5, 0.6) is 11.5 Å². The molecule has 2 rings (SSSR count). The van der Waals surface area contributed by atoms with Crippen LogP contribution >= 0.6 is 0 Å². The molecule has 0 aliphatic rings. The minimum Gasteiger partial charge on any atom is -0.507 e. The predicted molar refractivity (Wildman–Crippen MR) is 155 cm³/mol. The van der Waals surface area contributed by atoms with Crippen LogP contribution in [0.15, 0.2) is 24.3 Å². The zero-order valence-electron chi connectivity index (χ0n) is 24.7. The number of carbonyl (C=O) groups is 2. The molecule has 0 radical (unpaired) electrons. The lowest BCUT2D eigenvalue weighted by Gasteiger charge is -2.24. The fraction of sp³-hybridized carbons (Fsp3) is 0.562. The van der Waals surface area contributed by atoms with Gasteiger partial charge in [0, 0.05) is 19.4 Å². The molecule has 0 spiro atoms. The normalized spacial score (nSPS) is 12.0. The highest BCUT2D eigenvalue weighted by Gasteiger charge is 2.24. The lowest BCUT2D eigenvalue weighted by Crippen LogP contribution is -2.38. The third kappa shape index (κ3) is 8.32. The van der Waals surface area contributed by atoms with Crippen molar-refractivity contribution in [1.29, 1.82) is 0 Å². The molecule has 0 atom stereocenters. The number of carbonyl (C=O) groups excluding carboxylic acids is 2. The number of nitrogens with two attached hydrogens (primary N) is 1. The maximum atomic E-state index is 13.3. The largest absolute Gasteiger partial charge is 0.507 e. The summed E-state index contributed by atoms with van der Waals surface area (Å²) in [6.07, 6.45) is 2.84. The van der Waals surface area contributed by atoms with E-state index in [1.165, 1.54) is 4.90 Å². The second kappa shape index (κ2) is 12.8. The van der Waals surface area contributed by atoms with Gasteiger partial charge in [-0.15, -0.1) is 0 Å². The molecule has 2 aromatic rings. The number of unbranched alkanes of at least 4 members (excludes halogenated alkanes) is 1. The molecule has 0 fully saturated rings. The van der Waals surface area contributed by atoms with E-state index in [1.807, 2.05) is 79.7 Å². The van der Waals surface area contributed by atoms with Crippen molar-refractivity contribution in [3.8, 4) is 11.5 Å². The number of benzene rings is 2. The molecule has 4 N–H and O–H groups in total. The summed E-state index contributed by atoms with van der Waals surface area (Å²) in [6, 6.07) is 7.77. The van der Waals surface area contributed by atoms with Gasteiger partial charge < -0.3 is 15.9 Å². The number of aromatic hydroxyl groups is 2. The molecule has 2 aromatic carbocycles. The third-order valence-electron chi connectivity index (χ3n) is 7.03. The van der Waals surface area contributed by atoms with Gasteiger partial charge in [0.25, 0.3) is 0 Å². The predicted octanol–water partition coefficient (Wildman–Crippen LogP) is 5.97. The molecule has 0 aliphatic heterocycles. The van der Waals surface area contributed by atoms with E-state index in [4.69, 9.17) is 5.73 Å². The molecule has 38 heavy (non-hydrogen) atoms. The highest BCUT2D eigenvalue weighted by Crippen LogP contribution is 2.35. The molecule has 2 amide bonds. The van der Waals surface area contributed by atoms with Crippen molar-refractivity contribution < 1.29 is 19.8 Å². The van der Waals surface area contributed by atoms with Gasteiger partial charge in [-0.2, -0.15) is 0 Å². The van der Waals surface area contributed by atoms with Gasteiger partial charge in [-0.25, -0.2) is 0 Å². The minimum atomic E-state index is -0.224. The van der Waals surface area contributed by atoms with Gasteiger partial charge in [0.2, 0.25) is 11.8 Å². The fourth-order valence-corrected chi connectivity index (χ4v) is 4.72. The Bertz CT molecular complexity index is 1050. The molecule has 0 heterocycles. The van der Waals surface area contributed by atoms with Crippen molar-refractivity contribution in [1.82, 2.24) is 4.90 Å². The Balaban J connectivity index is 2.17. The summed E-state index contributed by atoms with van der Waals surface area (Å²) in [5.41, 5.74) is 10.4. The number of nitrogens with zero attached hydrogens (tertiary/aromatic N) is 1. The molecule has 0 aromatic heterocycles. The average Bonchev–Trinajstić information content (AvgIpc) is 2.81. The van der Waals surface area contributed by atoms with Crippen LogP contribution in [0, 0.1) is 13.8 Å². The molecule has 6 nitrogen and oxygen atoms in total. The number of amides is 2. The second-order valence-corrected chi connectivity index (χ2v) is 12.6. The maximum absolute atomic E-state index is 13.3. The van der Waals surface area contributed by atoms with E-state index in [9.17, 15) is 19.8 Å². The lowest BCUT2D eigenvalue weighted by molar-refractivity contribution is -0.144. The van der Waals surface area contributed by atoms with Crippen LogP contribution in [-0.2, 0) is 33.3 Å². The van der Waals surface area contributed by atoms with Gasteiger partial charge in [0.15, 0.2) is 0 Å². The monoisotopic (exact) mass is 524 g/mol. The van der Waals surface area contributed by atoms with Crippen LogP contribution in [-0.4, -0.2) is 40.0 Å². The number of imide groups is 1. The van der Waals surface area contributed by atoms with Gasteiger partial charge >= 0.3 is 0 Å². The Morgan fingerprint density at radius 3 is 1.47 bits per heavy atom. The highest BCUT2D eigenvalue weighted by molar-refractivity contribution is 5.95. The summed E-state index contributed by atoms with van der Waals surface area (Å²) >= 11 is 0. The molecule has 0 saturated carbocycles. The topological polar surface area (TPSA) is 104 Å². The van der Waals surface area contributed by atoms with Crippen LogP contribution in [0.4, 0.5) is 0 Å². The first kappa shape index (κ1) is 31.4.